The van der Waals surface area contributed by atoms with E-state index in [1.807, 2.05) is 49.4 Å². The van der Waals surface area contributed by atoms with Crippen LogP contribution in [0.4, 0.5) is 0 Å². The Kier molecular flexibility index (Phi) is 5.74. The first-order valence-corrected chi connectivity index (χ1v) is 10.4. The summed E-state index contributed by atoms with van der Waals surface area (Å²) in [5.41, 5.74) is 2.09. The lowest BCUT2D eigenvalue weighted by atomic mass is 10.1. The van der Waals surface area contributed by atoms with Gasteiger partial charge in [0.1, 0.15) is 0 Å². The molecule has 1 saturated heterocycles. The van der Waals surface area contributed by atoms with E-state index in [0.717, 1.165) is 17.5 Å². The summed E-state index contributed by atoms with van der Waals surface area (Å²) < 4.78 is 27.0. The van der Waals surface area contributed by atoms with Gasteiger partial charge in [-0.1, -0.05) is 49.4 Å². The number of aryl methyl sites for hydroxylation is 1. The number of amides is 1. The second-order valence-corrected chi connectivity index (χ2v) is 8.38. The summed E-state index contributed by atoms with van der Waals surface area (Å²) in [4.78, 5) is 14.5. The van der Waals surface area contributed by atoms with Gasteiger partial charge in [0.05, 0.1) is 11.3 Å². The number of rotatable bonds is 5. The van der Waals surface area contributed by atoms with Crippen LogP contribution in [-0.4, -0.2) is 49.7 Å². The Morgan fingerprint density at radius 1 is 0.885 bits per heavy atom. The normalized spacial score (nSPS) is 15.8. The maximum absolute atomic E-state index is 12.8. The molecule has 1 fully saturated rings. The van der Waals surface area contributed by atoms with Crippen LogP contribution in [0.25, 0.3) is 0 Å². The monoisotopic (exact) mass is 372 g/mol. The number of hydrogen-bond acceptors (Lipinski definition) is 3. The van der Waals surface area contributed by atoms with Crippen LogP contribution in [0, 0.1) is 0 Å². The maximum atomic E-state index is 12.8. The van der Waals surface area contributed by atoms with Crippen molar-refractivity contribution in [3.8, 4) is 0 Å². The molecule has 3 rings (SSSR count). The molecule has 1 heterocycles. The van der Waals surface area contributed by atoms with E-state index >= 15 is 0 Å². The molecule has 1 aliphatic rings. The lowest BCUT2D eigenvalue weighted by Crippen LogP contribution is -2.50. The highest BCUT2D eigenvalue weighted by molar-refractivity contribution is 7.89. The Hall–Kier alpha value is -2.18. The van der Waals surface area contributed by atoms with E-state index in [1.165, 1.54) is 4.31 Å². The summed E-state index contributed by atoms with van der Waals surface area (Å²) in [6.45, 7) is 3.56. The van der Waals surface area contributed by atoms with Gasteiger partial charge in [-0.15, -0.1) is 0 Å². The zero-order chi connectivity index (χ0) is 18.6. The van der Waals surface area contributed by atoms with Gasteiger partial charge in [-0.2, -0.15) is 4.31 Å². The first-order valence-electron chi connectivity index (χ1n) is 8.91. The van der Waals surface area contributed by atoms with Crippen LogP contribution >= 0.6 is 0 Å². The highest BCUT2D eigenvalue weighted by Crippen LogP contribution is 2.19. The average molecular weight is 372 g/mol. The molecule has 0 saturated carbocycles. The molecule has 5 nitrogen and oxygen atoms in total. The average Bonchev–Trinajstić information content (AvgIpc) is 2.69. The van der Waals surface area contributed by atoms with E-state index in [0.29, 0.717) is 37.5 Å². The van der Waals surface area contributed by atoms with Gasteiger partial charge >= 0.3 is 0 Å². The Morgan fingerprint density at radius 3 is 2.08 bits per heavy atom. The molecule has 2 aromatic carbocycles. The summed E-state index contributed by atoms with van der Waals surface area (Å²) in [7, 11) is -3.50. The minimum Gasteiger partial charge on any atom is -0.340 e. The quantitative estimate of drug-likeness (QED) is 0.809. The molecule has 2 aromatic rings. The standard InChI is InChI=1S/C20H24N2O3S/c1-2-17-8-10-19(11-9-17)26(24,25)22-14-12-21(13-15-22)20(23)16-18-6-4-3-5-7-18/h3-11H,2,12-16H2,1H3. The number of carbonyl (C=O) groups is 1. The van der Waals surface area contributed by atoms with Crippen LogP contribution in [0.1, 0.15) is 18.1 Å². The van der Waals surface area contributed by atoms with Crippen LogP contribution in [0.5, 0.6) is 0 Å². The third-order valence-electron chi connectivity index (χ3n) is 4.76. The smallest absolute Gasteiger partial charge is 0.243 e. The number of nitrogens with zero attached hydrogens (tertiary/aromatic N) is 2. The van der Waals surface area contributed by atoms with E-state index < -0.39 is 10.0 Å². The Balaban J connectivity index is 1.61. The first kappa shape index (κ1) is 18.6. The lowest BCUT2D eigenvalue weighted by Gasteiger charge is -2.34. The van der Waals surface area contributed by atoms with Crippen LogP contribution in [0.2, 0.25) is 0 Å². The van der Waals surface area contributed by atoms with Crippen LogP contribution < -0.4 is 0 Å². The molecule has 0 bridgehead atoms. The summed E-state index contributed by atoms with van der Waals surface area (Å²) in [5.74, 6) is 0.0422. The van der Waals surface area contributed by atoms with Gasteiger partial charge in [0.15, 0.2) is 0 Å². The van der Waals surface area contributed by atoms with Crippen molar-refractivity contribution >= 4 is 15.9 Å². The van der Waals surface area contributed by atoms with Crippen LogP contribution in [-0.2, 0) is 27.7 Å². The first-order chi connectivity index (χ1) is 12.5. The number of sulfonamides is 1. The molecule has 6 heteroatoms. The third-order valence-corrected chi connectivity index (χ3v) is 6.67. The van der Waals surface area contributed by atoms with Gasteiger partial charge in [-0.05, 0) is 29.7 Å². The van der Waals surface area contributed by atoms with Gasteiger partial charge in [-0.25, -0.2) is 8.42 Å². The number of hydrogen-bond donors (Lipinski definition) is 0. The summed E-state index contributed by atoms with van der Waals surface area (Å²) >= 11 is 0. The summed E-state index contributed by atoms with van der Waals surface area (Å²) in [6, 6.07) is 16.6. The van der Waals surface area contributed by atoms with Crippen molar-refractivity contribution < 1.29 is 13.2 Å². The molecule has 0 spiro atoms. The van der Waals surface area contributed by atoms with Crippen LogP contribution in [0.15, 0.2) is 59.5 Å². The van der Waals surface area contributed by atoms with Gasteiger partial charge in [0.2, 0.25) is 15.9 Å². The molecule has 138 valence electrons. The number of piperazine rings is 1. The SMILES string of the molecule is CCc1ccc(S(=O)(=O)N2CCN(C(=O)Cc3ccccc3)CC2)cc1. The molecule has 0 unspecified atom stereocenters. The molecule has 26 heavy (non-hydrogen) atoms. The number of carbonyl (C=O) groups excluding carboxylic acids is 1. The molecule has 1 aliphatic heterocycles. The fraction of sp³-hybridized carbons (Fsp3) is 0.350. The predicted octanol–water partition coefficient (Wildman–Crippen LogP) is 2.32. The molecule has 0 aromatic heterocycles. The highest BCUT2D eigenvalue weighted by atomic mass is 32.2. The maximum Gasteiger partial charge on any atom is 0.243 e. The second kappa shape index (κ2) is 8.01. The Labute approximate surface area is 155 Å². The fourth-order valence-electron chi connectivity index (χ4n) is 3.11. The van der Waals surface area contributed by atoms with Crippen molar-refractivity contribution in [3.63, 3.8) is 0 Å². The summed E-state index contributed by atoms with van der Waals surface area (Å²) in [6.07, 6.45) is 1.23. The summed E-state index contributed by atoms with van der Waals surface area (Å²) in [5, 5.41) is 0. The minimum absolute atomic E-state index is 0.0422. The zero-order valence-corrected chi connectivity index (χ0v) is 15.8. The molecule has 0 atom stereocenters. The van der Waals surface area contributed by atoms with Gasteiger partial charge in [-0.3, -0.25) is 4.79 Å². The van der Waals surface area contributed by atoms with E-state index in [-0.39, 0.29) is 5.91 Å². The van der Waals surface area contributed by atoms with Crippen molar-refractivity contribution in [1.29, 1.82) is 0 Å². The minimum atomic E-state index is -3.50. The van der Waals surface area contributed by atoms with Gasteiger partial charge in [0, 0.05) is 26.2 Å². The topological polar surface area (TPSA) is 57.7 Å². The Morgan fingerprint density at radius 2 is 1.50 bits per heavy atom. The van der Waals surface area contributed by atoms with Crippen LogP contribution in [0.3, 0.4) is 0 Å². The van der Waals surface area contributed by atoms with Crippen molar-refractivity contribution in [2.45, 2.75) is 24.7 Å². The van der Waals surface area contributed by atoms with E-state index in [1.54, 1.807) is 17.0 Å². The van der Waals surface area contributed by atoms with Crippen molar-refractivity contribution in [2.24, 2.45) is 0 Å². The molecule has 0 N–H and O–H groups in total. The molecule has 1 amide bonds. The van der Waals surface area contributed by atoms with Crippen molar-refractivity contribution in [3.05, 3.63) is 65.7 Å². The fourth-order valence-corrected chi connectivity index (χ4v) is 4.53. The number of benzene rings is 2. The van der Waals surface area contributed by atoms with Crippen molar-refractivity contribution in [2.75, 3.05) is 26.2 Å². The predicted molar refractivity (Wildman–Crippen MR) is 101 cm³/mol. The zero-order valence-electron chi connectivity index (χ0n) is 15.0. The molecule has 0 aliphatic carbocycles. The molecule has 0 radical (unpaired) electrons. The van der Waals surface area contributed by atoms with Crippen molar-refractivity contribution in [1.82, 2.24) is 9.21 Å². The molecular weight excluding hydrogens is 348 g/mol. The highest BCUT2D eigenvalue weighted by Gasteiger charge is 2.29. The van der Waals surface area contributed by atoms with Gasteiger partial charge < -0.3 is 4.90 Å². The Bertz CT molecular complexity index is 840. The van der Waals surface area contributed by atoms with Gasteiger partial charge in [0.25, 0.3) is 0 Å². The van der Waals surface area contributed by atoms with E-state index in [4.69, 9.17) is 0 Å². The van der Waals surface area contributed by atoms with E-state index in [9.17, 15) is 13.2 Å². The third kappa shape index (κ3) is 4.14. The second-order valence-electron chi connectivity index (χ2n) is 6.44. The van der Waals surface area contributed by atoms with E-state index in [2.05, 4.69) is 0 Å². The largest absolute Gasteiger partial charge is 0.340 e. The molecular formula is C20H24N2O3S. The lowest BCUT2D eigenvalue weighted by molar-refractivity contribution is -0.131.